The third-order valence-electron chi connectivity index (χ3n) is 3.90. The van der Waals surface area contributed by atoms with Gasteiger partial charge in [0.1, 0.15) is 0 Å². The summed E-state index contributed by atoms with van der Waals surface area (Å²) < 4.78 is 0. The number of amides is 2. The lowest BCUT2D eigenvalue weighted by molar-refractivity contribution is -0.120. The summed E-state index contributed by atoms with van der Waals surface area (Å²) in [5.41, 5.74) is 8.02. The van der Waals surface area contributed by atoms with Crippen molar-refractivity contribution in [1.29, 1.82) is 0 Å². The minimum absolute atomic E-state index is 0. The van der Waals surface area contributed by atoms with E-state index in [1.54, 1.807) is 31.2 Å². The van der Waals surface area contributed by atoms with Gasteiger partial charge in [-0.05, 0) is 24.6 Å². The highest BCUT2D eigenvalue weighted by atomic mass is 35.5. The maximum atomic E-state index is 12.5. The number of nitrogens with one attached hydrogen (secondary N) is 2. The number of carbonyl (C=O) groups is 2. The molecule has 0 spiro atoms. The molecule has 6 heteroatoms. The number of nitrogens with two attached hydrogens (primary N) is 1. The standard InChI is InChI=1S/C19H23N3O2.ClH/c1-3-21-19(24)15-11-7-8-12-16(15)22-18(23)13(2)17(20)14-9-5-4-6-10-14;/h4-13,17H,3,20H2,1-2H3,(H,21,24)(H,22,23);1H. The molecule has 2 aromatic carbocycles. The minimum atomic E-state index is -0.435. The maximum absolute atomic E-state index is 12.5. The molecule has 0 aliphatic carbocycles. The van der Waals surface area contributed by atoms with Crippen LogP contribution in [-0.2, 0) is 4.79 Å². The Bertz CT molecular complexity index is 707. The number of para-hydroxylation sites is 1. The lowest BCUT2D eigenvalue weighted by Crippen LogP contribution is -2.31. The summed E-state index contributed by atoms with van der Waals surface area (Å²) in [7, 11) is 0. The summed E-state index contributed by atoms with van der Waals surface area (Å²) >= 11 is 0. The first-order chi connectivity index (χ1) is 11.5. The first kappa shape index (κ1) is 20.7. The molecule has 0 aliphatic rings. The number of anilines is 1. The van der Waals surface area contributed by atoms with Crippen LogP contribution in [0.15, 0.2) is 54.6 Å². The van der Waals surface area contributed by atoms with Gasteiger partial charge in [-0.3, -0.25) is 9.59 Å². The SMILES string of the molecule is CCNC(=O)c1ccccc1NC(=O)C(C)C(N)c1ccccc1.Cl. The van der Waals surface area contributed by atoms with E-state index in [9.17, 15) is 9.59 Å². The fourth-order valence-corrected chi connectivity index (χ4v) is 2.42. The Morgan fingerprint density at radius 1 is 1.04 bits per heavy atom. The van der Waals surface area contributed by atoms with Crippen molar-refractivity contribution in [3.05, 3.63) is 65.7 Å². The number of hydrogen-bond donors (Lipinski definition) is 3. The van der Waals surface area contributed by atoms with Crippen LogP contribution in [-0.4, -0.2) is 18.4 Å². The molecule has 2 rings (SSSR count). The van der Waals surface area contributed by atoms with Crippen LogP contribution in [0.4, 0.5) is 5.69 Å². The van der Waals surface area contributed by atoms with E-state index in [1.807, 2.05) is 37.3 Å². The summed E-state index contributed by atoms with van der Waals surface area (Å²) in [6.07, 6.45) is 0. The van der Waals surface area contributed by atoms with Crippen LogP contribution in [0.25, 0.3) is 0 Å². The molecular formula is C19H24ClN3O2. The van der Waals surface area contributed by atoms with Crippen LogP contribution < -0.4 is 16.4 Å². The van der Waals surface area contributed by atoms with Gasteiger partial charge in [0.2, 0.25) is 5.91 Å². The molecule has 0 aromatic heterocycles. The predicted octanol–water partition coefficient (Wildman–Crippen LogP) is 3.13. The number of benzene rings is 2. The van der Waals surface area contributed by atoms with Crippen molar-refractivity contribution in [3.8, 4) is 0 Å². The Hall–Kier alpha value is -2.37. The van der Waals surface area contributed by atoms with Gasteiger partial charge in [-0.2, -0.15) is 0 Å². The first-order valence-electron chi connectivity index (χ1n) is 8.03. The number of rotatable bonds is 6. The van der Waals surface area contributed by atoms with E-state index >= 15 is 0 Å². The van der Waals surface area contributed by atoms with Gasteiger partial charge in [0.25, 0.3) is 5.91 Å². The third kappa shape index (κ3) is 5.31. The lowest BCUT2D eigenvalue weighted by atomic mass is 9.94. The van der Waals surface area contributed by atoms with Gasteiger partial charge in [0, 0.05) is 12.6 Å². The molecule has 2 unspecified atom stereocenters. The number of hydrogen-bond acceptors (Lipinski definition) is 3. The molecule has 5 nitrogen and oxygen atoms in total. The van der Waals surface area contributed by atoms with Gasteiger partial charge in [0.05, 0.1) is 17.2 Å². The average Bonchev–Trinajstić information content (AvgIpc) is 2.61. The molecule has 2 atom stereocenters. The number of halogens is 1. The van der Waals surface area contributed by atoms with Crippen molar-refractivity contribution in [2.75, 3.05) is 11.9 Å². The fraction of sp³-hybridized carbons (Fsp3) is 0.263. The van der Waals surface area contributed by atoms with Crippen molar-refractivity contribution in [1.82, 2.24) is 5.32 Å². The fourth-order valence-electron chi connectivity index (χ4n) is 2.42. The predicted molar refractivity (Wildman–Crippen MR) is 103 cm³/mol. The molecule has 0 saturated heterocycles. The van der Waals surface area contributed by atoms with E-state index in [2.05, 4.69) is 10.6 Å². The molecule has 25 heavy (non-hydrogen) atoms. The summed E-state index contributed by atoms with van der Waals surface area (Å²) in [5.74, 6) is -0.869. The van der Waals surface area contributed by atoms with E-state index in [4.69, 9.17) is 5.73 Å². The number of carbonyl (C=O) groups excluding carboxylic acids is 2. The first-order valence-corrected chi connectivity index (χ1v) is 8.03. The van der Waals surface area contributed by atoms with Gasteiger partial charge in [-0.15, -0.1) is 12.4 Å². The Labute approximate surface area is 154 Å². The molecule has 0 aliphatic heterocycles. The quantitative estimate of drug-likeness (QED) is 0.739. The second kappa shape index (κ2) is 9.81. The van der Waals surface area contributed by atoms with Gasteiger partial charge < -0.3 is 16.4 Å². The Kier molecular flexibility index (Phi) is 8.11. The van der Waals surface area contributed by atoms with E-state index in [1.165, 1.54) is 0 Å². The Morgan fingerprint density at radius 2 is 1.64 bits per heavy atom. The molecular weight excluding hydrogens is 338 g/mol. The van der Waals surface area contributed by atoms with Crippen LogP contribution in [0.5, 0.6) is 0 Å². The summed E-state index contributed by atoms with van der Waals surface area (Å²) in [6.45, 7) is 4.15. The normalized spacial score (nSPS) is 12.4. The van der Waals surface area contributed by atoms with E-state index in [-0.39, 0.29) is 24.2 Å². The zero-order chi connectivity index (χ0) is 17.5. The zero-order valence-corrected chi connectivity index (χ0v) is 15.2. The molecule has 0 radical (unpaired) electrons. The zero-order valence-electron chi connectivity index (χ0n) is 14.4. The van der Waals surface area contributed by atoms with Crippen molar-refractivity contribution < 1.29 is 9.59 Å². The van der Waals surface area contributed by atoms with Crippen molar-refractivity contribution in [2.45, 2.75) is 19.9 Å². The molecule has 0 fully saturated rings. The summed E-state index contributed by atoms with van der Waals surface area (Å²) in [6, 6.07) is 16.0. The lowest BCUT2D eigenvalue weighted by Gasteiger charge is -2.20. The third-order valence-corrected chi connectivity index (χ3v) is 3.90. The molecule has 0 saturated carbocycles. The van der Waals surface area contributed by atoms with E-state index in [0.717, 1.165) is 5.56 Å². The highest BCUT2D eigenvalue weighted by Crippen LogP contribution is 2.22. The smallest absolute Gasteiger partial charge is 0.253 e. The maximum Gasteiger partial charge on any atom is 0.253 e. The molecule has 2 aromatic rings. The Balaban J connectivity index is 0.00000312. The second-order valence-electron chi connectivity index (χ2n) is 5.62. The molecule has 134 valence electrons. The minimum Gasteiger partial charge on any atom is -0.352 e. The van der Waals surface area contributed by atoms with Crippen molar-refractivity contribution in [3.63, 3.8) is 0 Å². The van der Waals surface area contributed by atoms with Crippen LogP contribution >= 0.6 is 12.4 Å². The van der Waals surface area contributed by atoms with Crippen LogP contribution in [0.2, 0.25) is 0 Å². The second-order valence-corrected chi connectivity index (χ2v) is 5.62. The summed E-state index contributed by atoms with van der Waals surface area (Å²) in [5, 5.41) is 5.56. The highest BCUT2D eigenvalue weighted by Gasteiger charge is 2.23. The highest BCUT2D eigenvalue weighted by molar-refractivity contribution is 6.04. The van der Waals surface area contributed by atoms with Crippen LogP contribution in [0.3, 0.4) is 0 Å². The van der Waals surface area contributed by atoms with Gasteiger partial charge in [-0.1, -0.05) is 49.4 Å². The van der Waals surface area contributed by atoms with E-state index < -0.39 is 12.0 Å². The topological polar surface area (TPSA) is 84.2 Å². The van der Waals surface area contributed by atoms with Crippen LogP contribution in [0, 0.1) is 5.92 Å². The Morgan fingerprint density at radius 3 is 2.28 bits per heavy atom. The molecule has 2 amide bonds. The molecule has 0 bridgehead atoms. The van der Waals surface area contributed by atoms with Crippen LogP contribution in [0.1, 0.15) is 35.8 Å². The van der Waals surface area contributed by atoms with E-state index in [0.29, 0.717) is 17.8 Å². The largest absolute Gasteiger partial charge is 0.352 e. The average molecular weight is 362 g/mol. The molecule has 0 heterocycles. The van der Waals surface area contributed by atoms with Crippen molar-refractivity contribution in [2.24, 2.45) is 11.7 Å². The molecule has 4 N–H and O–H groups in total. The van der Waals surface area contributed by atoms with Crippen molar-refractivity contribution >= 4 is 29.9 Å². The van der Waals surface area contributed by atoms with Gasteiger partial charge >= 0.3 is 0 Å². The van der Waals surface area contributed by atoms with Gasteiger partial charge in [0.15, 0.2) is 0 Å². The summed E-state index contributed by atoms with van der Waals surface area (Å²) in [4.78, 5) is 24.6. The monoisotopic (exact) mass is 361 g/mol. The van der Waals surface area contributed by atoms with Gasteiger partial charge in [-0.25, -0.2) is 0 Å².